The van der Waals surface area contributed by atoms with Gasteiger partial charge in [0.05, 0.1) is 57.7 Å². The van der Waals surface area contributed by atoms with E-state index < -0.39 is 90.9 Å². The van der Waals surface area contributed by atoms with Gasteiger partial charge in [-0.1, -0.05) is 83.1 Å². The molecule has 0 spiro atoms. The second kappa shape index (κ2) is 42.5. The predicted octanol–water partition coefficient (Wildman–Crippen LogP) is 10.8. The molecule has 3 aromatic heterocycles. The third kappa shape index (κ3) is 24.8. The minimum atomic E-state index is -1.02. The molecule has 3 aromatic rings. The number of amides is 6. The summed E-state index contributed by atoms with van der Waals surface area (Å²) in [5.74, 6) is -0.276. The molecule has 8 aliphatic rings. The third-order valence-electron chi connectivity index (χ3n) is 30.6. The van der Waals surface area contributed by atoms with Gasteiger partial charge in [0.1, 0.15) is 23.8 Å². The predicted molar refractivity (Wildman–Crippen MR) is 557 cm³/mol. The van der Waals surface area contributed by atoms with Crippen LogP contribution in [0.15, 0.2) is 20.0 Å². The van der Waals surface area contributed by atoms with Crippen LogP contribution in [0, 0.1) is 0 Å². The summed E-state index contributed by atoms with van der Waals surface area (Å²) in [6.45, 7) is 79.7. The maximum absolute atomic E-state index is 16.2. The van der Waals surface area contributed by atoms with Crippen molar-refractivity contribution in [3.05, 3.63) is 23.3 Å². The lowest BCUT2D eigenvalue weighted by atomic mass is 9.86. The minimum absolute atomic E-state index is 0.0265. The van der Waals surface area contributed by atoms with Crippen LogP contribution in [0.4, 0.5) is 29.7 Å². The highest BCUT2D eigenvalue weighted by atomic mass is 16.2. The first-order valence-corrected chi connectivity index (χ1v) is 52.7. The molecule has 139 heavy (non-hydrogen) atoms. The molecular formula is C103H178N30O6. The highest BCUT2D eigenvalue weighted by Crippen LogP contribution is 2.40. The number of piperazine rings is 6. The second-order valence-corrected chi connectivity index (χ2v) is 46.9. The van der Waals surface area contributed by atoms with E-state index in [0.717, 1.165) is 0 Å². The Balaban J connectivity index is 1.39. The average Bonchev–Trinajstić information content (AvgIpc) is 1.72. The smallest absolute Gasteiger partial charge is 0.246 e. The number of aliphatic imine (C=N–C) groups is 4. The molecule has 11 rings (SSSR count). The largest absolute Gasteiger partial charge is 0.337 e. The number of carbonyl (C=O) groups is 6. The highest BCUT2D eigenvalue weighted by molar-refractivity contribution is 6.09. The number of carbonyl (C=O) groups excluding carboxylic acids is 6. The van der Waals surface area contributed by atoms with E-state index in [4.69, 9.17) is 64.8 Å². The zero-order chi connectivity index (χ0) is 103. The summed E-state index contributed by atoms with van der Waals surface area (Å²) in [6.07, 6.45) is 4.72. The molecule has 36 nitrogen and oxygen atoms in total. The number of hydrogen-bond donors (Lipinski definition) is 6. The van der Waals surface area contributed by atoms with Gasteiger partial charge in [-0.25, -0.2) is 14.9 Å². The van der Waals surface area contributed by atoms with Crippen LogP contribution >= 0.6 is 0 Å². The monoisotopic (exact) mass is 1930 g/mol. The standard InChI is InChI=1S/C103H178N30O6/c1-37-65(13)104-71(57-127-61-94(23,24)119-100(33,45-9)83(127)136)75-108-77(73(106-67(15)39-3)79(123-49-50-123)131-63-96(27,28)121-102(35,47-11)85(131)138)112-89(110-75)133(91-115-87(129(69(17)41-5)55-53-125-59-92(19,20)117-98(31,43-7)81(125)134)114-88(116-91)130(70(18)42-6)56-54-126-60-93(21,22)118-99(32,44-8)82(126)135)90-111-76(72(105-66(14)38-2)58-128-62-95(25,26)120-101(34,46-10)84(128)137)109-78(113-90)74(107-68(16)40-4)80(124-51-52-124)132-64-97(29,30)122-103(36,48-12)86(132)139/h65-70,79-80,117-122H,37-64H2,1-36H3. The molecule has 6 N–H and O–H groups in total. The van der Waals surface area contributed by atoms with Crippen LogP contribution < -0.4 is 46.6 Å². The fraction of sp³-hybridized carbons (Fsp3) is 0.816. The number of nitrogens with zero attached hydrogens (tertiary/aromatic N) is 24. The molecule has 14 unspecified atom stereocenters. The van der Waals surface area contributed by atoms with E-state index in [2.05, 4.69) is 204 Å². The van der Waals surface area contributed by atoms with Gasteiger partial charge in [0, 0.05) is 161 Å². The molecule has 0 saturated carbocycles. The molecular weight excluding hydrogens is 1750 g/mol. The zero-order valence-electron chi connectivity index (χ0n) is 92.1. The number of nitrogens with one attached hydrogen (secondary N) is 6. The number of hydrogen-bond acceptors (Lipinski definition) is 30. The van der Waals surface area contributed by atoms with E-state index in [1.807, 2.05) is 126 Å². The van der Waals surface area contributed by atoms with Gasteiger partial charge < -0.3 is 39.2 Å². The van der Waals surface area contributed by atoms with E-state index >= 15 is 28.8 Å². The minimum Gasteiger partial charge on any atom is -0.337 e. The molecule has 6 amide bonds. The van der Waals surface area contributed by atoms with Gasteiger partial charge in [-0.05, 0) is 243 Å². The SMILES string of the molecule is CCC(C)N=C(CN1CC(C)(C)NC(C)(CC)C1=O)c1nc(C(=NC(C)CC)C(N2CC2)N2CC(C)(C)NC(C)(CC)C2=O)nc(N(c2nc(C(CN3CC(C)(C)NC(C)(CC)C3=O)=NC(C)CC)nc(C(=NC(C)CC)C(N3CC3)N3CC(C)(C)NC(C)(CC)C3=O)n2)c2nc(N(CCN3CC(C)(C)NC(C)(CC)C3=O)C(C)CC)nc(N(CCN3CC(C)(C)NC(C)(CC)C3=O)C(C)CC)n2)n1. The Bertz CT molecular complexity index is 4740. The maximum Gasteiger partial charge on any atom is 0.246 e. The highest BCUT2D eigenvalue weighted by Gasteiger charge is 2.57. The summed E-state index contributed by atoms with van der Waals surface area (Å²) in [5, 5.41) is 22.4. The van der Waals surface area contributed by atoms with Crippen LogP contribution in [-0.2, 0) is 28.8 Å². The summed E-state index contributed by atoms with van der Waals surface area (Å²) in [6, 6.07) is -2.20. The molecule has 776 valence electrons. The Morgan fingerprint density at radius 3 is 0.820 bits per heavy atom. The second-order valence-electron chi connectivity index (χ2n) is 46.9. The van der Waals surface area contributed by atoms with Crippen molar-refractivity contribution >= 4 is 88.0 Å². The molecule has 8 fully saturated rings. The van der Waals surface area contributed by atoms with Crippen LogP contribution in [0.25, 0.3) is 0 Å². The molecule has 0 bridgehead atoms. The number of anilines is 5. The average molecular weight is 1930 g/mol. The van der Waals surface area contributed by atoms with Crippen molar-refractivity contribution in [2.24, 2.45) is 20.0 Å². The van der Waals surface area contributed by atoms with Crippen molar-refractivity contribution < 1.29 is 28.8 Å². The fourth-order valence-electron chi connectivity index (χ4n) is 21.2. The van der Waals surface area contributed by atoms with E-state index in [1.165, 1.54) is 0 Å². The first-order valence-electron chi connectivity index (χ1n) is 52.7. The van der Waals surface area contributed by atoms with Crippen molar-refractivity contribution in [2.45, 2.75) is 441 Å². The molecule has 11 heterocycles. The van der Waals surface area contributed by atoms with E-state index in [1.54, 1.807) is 4.90 Å². The molecule has 14 atom stereocenters. The van der Waals surface area contributed by atoms with Crippen molar-refractivity contribution in [3.8, 4) is 0 Å². The van der Waals surface area contributed by atoms with Crippen LogP contribution in [0.2, 0.25) is 0 Å². The lowest BCUT2D eigenvalue weighted by Crippen LogP contribution is -2.73. The quantitative estimate of drug-likeness (QED) is 0.0226. The molecule has 8 aliphatic heterocycles. The van der Waals surface area contributed by atoms with E-state index in [-0.39, 0.29) is 178 Å². The Labute approximate surface area is 832 Å². The third-order valence-corrected chi connectivity index (χ3v) is 30.6. The zero-order valence-corrected chi connectivity index (χ0v) is 92.1. The Morgan fingerprint density at radius 1 is 0.302 bits per heavy atom. The number of rotatable bonds is 43. The van der Waals surface area contributed by atoms with E-state index in [9.17, 15) is 0 Å². The summed E-state index contributed by atoms with van der Waals surface area (Å²) < 4.78 is 0. The summed E-state index contributed by atoms with van der Waals surface area (Å²) in [7, 11) is 0. The van der Waals surface area contributed by atoms with Crippen LogP contribution in [-0.4, -0.2) is 362 Å². The first kappa shape index (κ1) is 111. The maximum atomic E-state index is 16.2. The lowest BCUT2D eigenvalue weighted by molar-refractivity contribution is -0.148. The fourth-order valence-corrected chi connectivity index (χ4v) is 21.2. The molecule has 36 heteroatoms. The lowest BCUT2D eigenvalue weighted by Gasteiger charge is -2.51. The van der Waals surface area contributed by atoms with Gasteiger partial charge in [0.25, 0.3) is 0 Å². The summed E-state index contributed by atoms with van der Waals surface area (Å²) in [5.41, 5.74) is -7.77. The van der Waals surface area contributed by atoms with Gasteiger partial charge in [-0.2, -0.15) is 34.9 Å². The summed E-state index contributed by atoms with van der Waals surface area (Å²) >= 11 is 0. The first-order chi connectivity index (χ1) is 64.7. The van der Waals surface area contributed by atoms with Gasteiger partial charge in [0.2, 0.25) is 65.2 Å². The van der Waals surface area contributed by atoms with Crippen molar-refractivity contribution in [1.82, 2.24) is 116 Å². The topological polar surface area (TPSA) is 375 Å². The Morgan fingerprint density at radius 2 is 0.547 bits per heavy atom. The van der Waals surface area contributed by atoms with Crippen LogP contribution in [0.3, 0.4) is 0 Å². The van der Waals surface area contributed by atoms with Gasteiger partial charge in [-0.3, -0.25) is 90.4 Å². The van der Waals surface area contributed by atoms with Gasteiger partial charge in [-0.15, -0.1) is 0 Å². The van der Waals surface area contributed by atoms with Gasteiger partial charge in [0.15, 0.2) is 23.3 Å². The van der Waals surface area contributed by atoms with Crippen LogP contribution in [0.5, 0.6) is 0 Å². The number of aromatic nitrogens is 9. The van der Waals surface area contributed by atoms with Crippen molar-refractivity contribution in [3.63, 3.8) is 0 Å². The van der Waals surface area contributed by atoms with E-state index in [0.29, 0.717) is 139 Å². The van der Waals surface area contributed by atoms with Crippen molar-refractivity contribution in [1.29, 1.82) is 0 Å². The van der Waals surface area contributed by atoms with Crippen LogP contribution in [0.1, 0.15) is 350 Å². The summed E-state index contributed by atoms with van der Waals surface area (Å²) in [4.78, 5) is 193. The Hall–Kier alpha value is -8.39. The molecule has 0 aromatic carbocycles. The normalized spacial score (nSPS) is 28.2. The molecule has 8 saturated heterocycles. The Kier molecular flexibility index (Phi) is 33.9. The van der Waals surface area contributed by atoms with Crippen molar-refractivity contribution in [2.75, 3.05) is 119 Å². The molecule has 0 aliphatic carbocycles. The molecule has 0 radical (unpaired) electrons. The van der Waals surface area contributed by atoms with Gasteiger partial charge >= 0.3 is 0 Å².